The lowest BCUT2D eigenvalue weighted by Crippen LogP contribution is -2.26. The molecule has 1 aromatic heterocycles. The van der Waals surface area contributed by atoms with Gasteiger partial charge in [-0.05, 0) is 20.3 Å². The maximum atomic E-state index is 5.38. The van der Waals surface area contributed by atoms with E-state index in [1.165, 1.54) is 6.33 Å². The van der Waals surface area contributed by atoms with E-state index in [4.69, 9.17) is 9.47 Å². The summed E-state index contributed by atoms with van der Waals surface area (Å²) in [5.74, 6) is 1.98. The minimum absolute atomic E-state index is 0.349. The van der Waals surface area contributed by atoms with Crippen molar-refractivity contribution in [2.24, 2.45) is 5.92 Å². The molecular weight excluding hydrogens is 218 g/mol. The van der Waals surface area contributed by atoms with Gasteiger partial charge in [-0.15, -0.1) is 0 Å². The molecule has 2 heterocycles. The number of nitrogens with one attached hydrogen (secondary N) is 1. The van der Waals surface area contributed by atoms with Gasteiger partial charge in [0.05, 0.1) is 13.2 Å². The molecule has 1 aliphatic heterocycles. The molecule has 1 saturated heterocycles. The molecule has 2 atom stereocenters. The maximum absolute atomic E-state index is 5.38. The Labute approximate surface area is 102 Å². The number of aromatic nitrogens is 2. The van der Waals surface area contributed by atoms with Crippen LogP contribution in [0.25, 0.3) is 0 Å². The third-order valence-electron chi connectivity index (χ3n) is 2.98. The lowest BCUT2D eigenvalue weighted by atomic mass is 10.0. The van der Waals surface area contributed by atoms with E-state index < -0.39 is 0 Å². The van der Waals surface area contributed by atoms with Crippen molar-refractivity contribution < 1.29 is 9.47 Å². The summed E-state index contributed by atoms with van der Waals surface area (Å²) in [6, 6.07) is 2.18. The van der Waals surface area contributed by atoms with Gasteiger partial charge in [0.15, 0.2) is 0 Å². The first-order valence-electron chi connectivity index (χ1n) is 6.08. The molecule has 0 radical (unpaired) electrons. The number of anilines is 1. The van der Waals surface area contributed by atoms with Gasteiger partial charge in [-0.1, -0.05) is 0 Å². The van der Waals surface area contributed by atoms with Gasteiger partial charge in [-0.3, -0.25) is 0 Å². The zero-order valence-corrected chi connectivity index (χ0v) is 10.3. The second kappa shape index (κ2) is 5.82. The van der Waals surface area contributed by atoms with E-state index in [1.54, 1.807) is 0 Å². The van der Waals surface area contributed by atoms with Crippen LogP contribution in [0.15, 0.2) is 12.4 Å². The highest BCUT2D eigenvalue weighted by Crippen LogP contribution is 2.20. The molecule has 0 aliphatic carbocycles. The lowest BCUT2D eigenvalue weighted by Gasteiger charge is -2.19. The standard InChI is InChI=1S/C12H19N3O2/c1-3-17-12-6-11(13-8-14-12)15-9(2)10-4-5-16-7-10/h6,8-10H,3-5,7H2,1-2H3,(H,13,14,15)/t9-,10+/m0/s1. The van der Waals surface area contributed by atoms with Crippen LogP contribution >= 0.6 is 0 Å². The number of ether oxygens (including phenoxy) is 2. The summed E-state index contributed by atoms with van der Waals surface area (Å²) in [6.45, 7) is 6.40. The third kappa shape index (κ3) is 3.30. The monoisotopic (exact) mass is 237 g/mol. The molecule has 5 nitrogen and oxygen atoms in total. The third-order valence-corrected chi connectivity index (χ3v) is 2.98. The molecule has 0 saturated carbocycles. The average Bonchev–Trinajstić information content (AvgIpc) is 2.83. The Morgan fingerprint density at radius 2 is 2.47 bits per heavy atom. The first kappa shape index (κ1) is 12.1. The van der Waals surface area contributed by atoms with Crippen molar-refractivity contribution in [3.05, 3.63) is 12.4 Å². The molecule has 1 fully saturated rings. The molecular formula is C12H19N3O2. The molecule has 94 valence electrons. The quantitative estimate of drug-likeness (QED) is 0.845. The summed E-state index contributed by atoms with van der Waals surface area (Å²) in [5.41, 5.74) is 0. The normalized spacial score (nSPS) is 21.2. The fourth-order valence-electron chi connectivity index (χ4n) is 1.94. The smallest absolute Gasteiger partial charge is 0.218 e. The fraction of sp³-hybridized carbons (Fsp3) is 0.667. The van der Waals surface area contributed by atoms with E-state index in [2.05, 4.69) is 22.2 Å². The van der Waals surface area contributed by atoms with Gasteiger partial charge in [0.2, 0.25) is 5.88 Å². The summed E-state index contributed by atoms with van der Waals surface area (Å²) >= 11 is 0. The largest absolute Gasteiger partial charge is 0.478 e. The van der Waals surface area contributed by atoms with Crippen LogP contribution in [0.5, 0.6) is 5.88 Å². The SMILES string of the molecule is CCOc1cc(N[C@@H](C)[C@@H]2CCOC2)ncn1. The zero-order valence-electron chi connectivity index (χ0n) is 10.3. The van der Waals surface area contributed by atoms with Gasteiger partial charge < -0.3 is 14.8 Å². The Morgan fingerprint density at radius 1 is 1.59 bits per heavy atom. The van der Waals surface area contributed by atoms with Gasteiger partial charge in [0.1, 0.15) is 12.1 Å². The van der Waals surface area contributed by atoms with Crippen LogP contribution < -0.4 is 10.1 Å². The van der Waals surface area contributed by atoms with Crippen molar-refractivity contribution in [3.63, 3.8) is 0 Å². The van der Waals surface area contributed by atoms with Crippen LogP contribution in [0.3, 0.4) is 0 Å². The number of rotatable bonds is 5. The molecule has 0 spiro atoms. The molecule has 5 heteroatoms. The minimum Gasteiger partial charge on any atom is -0.478 e. The zero-order chi connectivity index (χ0) is 12.1. The molecule has 1 aliphatic rings. The van der Waals surface area contributed by atoms with Gasteiger partial charge in [-0.2, -0.15) is 0 Å². The van der Waals surface area contributed by atoms with E-state index in [1.807, 2.05) is 13.0 Å². The summed E-state index contributed by atoms with van der Waals surface area (Å²) in [6.07, 6.45) is 2.63. The van der Waals surface area contributed by atoms with Crippen LogP contribution in [0, 0.1) is 5.92 Å². The minimum atomic E-state index is 0.349. The average molecular weight is 237 g/mol. The molecule has 0 unspecified atom stereocenters. The molecule has 1 N–H and O–H groups in total. The van der Waals surface area contributed by atoms with Gasteiger partial charge >= 0.3 is 0 Å². The van der Waals surface area contributed by atoms with Crippen molar-refractivity contribution >= 4 is 5.82 Å². The summed E-state index contributed by atoms with van der Waals surface area (Å²) < 4.78 is 10.7. The number of hydrogen-bond acceptors (Lipinski definition) is 5. The first-order chi connectivity index (χ1) is 8.29. The molecule has 0 bridgehead atoms. The highest BCUT2D eigenvalue weighted by Gasteiger charge is 2.22. The molecule has 2 rings (SSSR count). The second-order valence-corrected chi connectivity index (χ2v) is 4.23. The first-order valence-corrected chi connectivity index (χ1v) is 6.08. The van der Waals surface area contributed by atoms with Gasteiger partial charge in [0.25, 0.3) is 0 Å². The van der Waals surface area contributed by atoms with Crippen LogP contribution in [0.1, 0.15) is 20.3 Å². The van der Waals surface area contributed by atoms with Crippen molar-refractivity contribution in [2.45, 2.75) is 26.3 Å². The Hall–Kier alpha value is -1.36. The topological polar surface area (TPSA) is 56.3 Å². The van der Waals surface area contributed by atoms with Crippen LogP contribution in [-0.4, -0.2) is 35.8 Å². The summed E-state index contributed by atoms with van der Waals surface area (Å²) in [7, 11) is 0. The van der Waals surface area contributed by atoms with Gasteiger partial charge in [-0.25, -0.2) is 9.97 Å². The van der Waals surface area contributed by atoms with E-state index in [0.29, 0.717) is 24.4 Å². The second-order valence-electron chi connectivity index (χ2n) is 4.23. The maximum Gasteiger partial charge on any atom is 0.218 e. The number of hydrogen-bond donors (Lipinski definition) is 1. The van der Waals surface area contributed by atoms with Crippen molar-refractivity contribution in [2.75, 3.05) is 25.1 Å². The van der Waals surface area contributed by atoms with Crippen molar-refractivity contribution in [1.29, 1.82) is 0 Å². The summed E-state index contributed by atoms with van der Waals surface area (Å²) in [4.78, 5) is 8.23. The van der Waals surface area contributed by atoms with Crippen molar-refractivity contribution in [3.8, 4) is 5.88 Å². The molecule has 1 aromatic rings. The predicted molar refractivity (Wildman–Crippen MR) is 65.2 cm³/mol. The highest BCUT2D eigenvalue weighted by atomic mass is 16.5. The Morgan fingerprint density at radius 3 is 3.18 bits per heavy atom. The Bertz CT molecular complexity index is 353. The van der Waals surface area contributed by atoms with Crippen LogP contribution in [-0.2, 0) is 4.74 Å². The Balaban J connectivity index is 1.94. The molecule has 0 amide bonds. The number of nitrogens with zero attached hydrogens (tertiary/aromatic N) is 2. The van der Waals surface area contributed by atoms with Crippen LogP contribution in [0.4, 0.5) is 5.82 Å². The fourth-order valence-corrected chi connectivity index (χ4v) is 1.94. The van der Waals surface area contributed by atoms with Gasteiger partial charge in [0, 0.05) is 24.6 Å². The molecule has 0 aromatic carbocycles. The van der Waals surface area contributed by atoms with E-state index in [0.717, 1.165) is 25.5 Å². The van der Waals surface area contributed by atoms with E-state index >= 15 is 0 Å². The van der Waals surface area contributed by atoms with E-state index in [-0.39, 0.29) is 0 Å². The predicted octanol–water partition coefficient (Wildman–Crippen LogP) is 1.71. The lowest BCUT2D eigenvalue weighted by molar-refractivity contribution is 0.183. The van der Waals surface area contributed by atoms with Crippen LogP contribution in [0.2, 0.25) is 0 Å². The molecule has 17 heavy (non-hydrogen) atoms. The highest BCUT2D eigenvalue weighted by molar-refractivity contribution is 5.38. The Kier molecular flexibility index (Phi) is 4.14. The van der Waals surface area contributed by atoms with Crippen molar-refractivity contribution in [1.82, 2.24) is 9.97 Å². The summed E-state index contributed by atoms with van der Waals surface area (Å²) in [5, 5.41) is 3.37. The van der Waals surface area contributed by atoms with E-state index in [9.17, 15) is 0 Å².